The number of nitrogen functional groups attached to an aromatic ring is 1. The van der Waals surface area contributed by atoms with Crippen LogP contribution in [0.4, 0.5) is 11.5 Å². The van der Waals surface area contributed by atoms with Gasteiger partial charge < -0.3 is 11.1 Å². The van der Waals surface area contributed by atoms with Crippen LogP contribution >= 0.6 is 0 Å². The van der Waals surface area contributed by atoms with Crippen LogP contribution in [-0.2, 0) is 6.42 Å². The third-order valence-corrected chi connectivity index (χ3v) is 4.05. The second-order valence-electron chi connectivity index (χ2n) is 5.41. The smallest absolute Gasteiger partial charge is 0.203 e. The number of aromatic nitrogens is 4. The van der Waals surface area contributed by atoms with Crippen molar-refractivity contribution in [2.45, 2.75) is 25.8 Å². The predicted molar refractivity (Wildman–Crippen MR) is 81.1 cm³/mol. The van der Waals surface area contributed by atoms with Gasteiger partial charge in [-0.2, -0.15) is 0 Å². The fraction of sp³-hybridized carbons (Fsp3) is 0.267. The van der Waals surface area contributed by atoms with Crippen molar-refractivity contribution in [3.8, 4) is 0 Å². The molecule has 0 fully saturated rings. The molecule has 3 N–H and O–H groups in total. The molecule has 0 radical (unpaired) electrons. The average Bonchev–Trinajstić information content (AvgIpc) is 3.04. The van der Waals surface area contributed by atoms with Crippen LogP contribution < -0.4 is 11.1 Å². The summed E-state index contributed by atoms with van der Waals surface area (Å²) in [5.74, 6) is 1.63. The first kappa shape index (κ1) is 12.1. The van der Waals surface area contributed by atoms with Crippen LogP contribution in [0.1, 0.15) is 29.4 Å². The highest BCUT2D eigenvalue weighted by atomic mass is 15.3. The highest BCUT2D eigenvalue weighted by Gasteiger charge is 2.23. The maximum atomic E-state index is 5.85. The zero-order valence-electron chi connectivity index (χ0n) is 11.7. The number of hydrogen-bond acceptors (Lipinski definition) is 5. The van der Waals surface area contributed by atoms with Crippen LogP contribution in [0.5, 0.6) is 0 Å². The van der Waals surface area contributed by atoms with Crippen LogP contribution in [-0.4, -0.2) is 19.6 Å². The maximum Gasteiger partial charge on any atom is 0.203 e. The van der Waals surface area contributed by atoms with Crippen molar-refractivity contribution in [2.24, 2.45) is 0 Å². The second-order valence-corrected chi connectivity index (χ2v) is 5.41. The van der Waals surface area contributed by atoms with E-state index in [0.29, 0.717) is 0 Å². The Hall–Kier alpha value is -2.63. The molecular formula is C15H16N6. The average molecular weight is 280 g/mol. The summed E-state index contributed by atoms with van der Waals surface area (Å²) in [5.41, 5.74) is 10.0. The number of benzene rings is 1. The number of nitrogens with two attached hydrogens (primary N) is 1. The molecule has 1 aliphatic rings. The first-order chi connectivity index (χ1) is 10.2. The second kappa shape index (κ2) is 4.44. The van der Waals surface area contributed by atoms with E-state index in [1.807, 2.05) is 23.6 Å². The van der Waals surface area contributed by atoms with Crippen molar-refractivity contribution in [3.05, 3.63) is 47.5 Å². The van der Waals surface area contributed by atoms with E-state index in [1.54, 1.807) is 6.20 Å². The molecule has 0 saturated heterocycles. The van der Waals surface area contributed by atoms with Gasteiger partial charge in [0.25, 0.3) is 0 Å². The molecule has 1 aromatic carbocycles. The van der Waals surface area contributed by atoms with Gasteiger partial charge in [-0.3, -0.25) is 4.40 Å². The standard InChI is InChI=1S/C15H16N6/c1-9-19-20-15-14(17-6-7-21(9)15)18-13-5-2-10-8-11(16)3-4-12(10)13/h3-4,6-8,13H,2,5,16H2,1H3,(H,17,18). The van der Waals surface area contributed by atoms with Crippen LogP contribution in [0, 0.1) is 6.92 Å². The molecule has 6 nitrogen and oxygen atoms in total. The van der Waals surface area contributed by atoms with E-state index in [1.165, 1.54) is 11.1 Å². The van der Waals surface area contributed by atoms with E-state index < -0.39 is 0 Å². The quantitative estimate of drug-likeness (QED) is 0.703. The lowest BCUT2D eigenvalue weighted by Gasteiger charge is -2.15. The number of anilines is 2. The lowest BCUT2D eigenvalue weighted by atomic mass is 10.1. The summed E-state index contributed by atoms with van der Waals surface area (Å²) >= 11 is 0. The van der Waals surface area contributed by atoms with Gasteiger partial charge in [-0.15, -0.1) is 10.2 Å². The van der Waals surface area contributed by atoms with Crippen molar-refractivity contribution in [1.82, 2.24) is 19.6 Å². The third kappa shape index (κ3) is 1.91. The van der Waals surface area contributed by atoms with Gasteiger partial charge in [0, 0.05) is 18.1 Å². The van der Waals surface area contributed by atoms with Crippen molar-refractivity contribution >= 4 is 17.2 Å². The van der Waals surface area contributed by atoms with Gasteiger partial charge >= 0.3 is 0 Å². The zero-order chi connectivity index (χ0) is 14.4. The zero-order valence-corrected chi connectivity index (χ0v) is 11.7. The van der Waals surface area contributed by atoms with Gasteiger partial charge in [0.2, 0.25) is 5.65 Å². The molecule has 21 heavy (non-hydrogen) atoms. The lowest BCUT2D eigenvalue weighted by molar-refractivity contribution is 0.757. The highest BCUT2D eigenvalue weighted by Crippen LogP contribution is 2.35. The van der Waals surface area contributed by atoms with E-state index in [2.05, 4.69) is 32.6 Å². The fourth-order valence-electron chi connectivity index (χ4n) is 3.00. The summed E-state index contributed by atoms with van der Waals surface area (Å²) in [6.45, 7) is 1.93. The van der Waals surface area contributed by atoms with Gasteiger partial charge in [-0.25, -0.2) is 4.98 Å². The van der Waals surface area contributed by atoms with Gasteiger partial charge in [0.05, 0.1) is 6.04 Å². The Morgan fingerprint density at radius 2 is 2.24 bits per heavy atom. The Bertz CT molecular complexity index is 822. The van der Waals surface area contributed by atoms with Gasteiger partial charge in [0.1, 0.15) is 5.82 Å². The predicted octanol–water partition coefficient (Wildman–Crippen LogP) is 2.11. The van der Waals surface area contributed by atoms with E-state index in [4.69, 9.17) is 5.73 Å². The summed E-state index contributed by atoms with van der Waals surface area (Å²) < 4.78 is 1.94. The monoisotopic (exact) mass is 280 g/mol. The highest BCUT2D eigenvalue weighted by molar-refractivity contribution is 5.63. The van der Waals surface area contributed by atoms with Gasteiger partial charge in [-0.05, 0) is 43.0 Å². The molecule has 2 aromatic heterocycles. The fourth-order valence-corrected chi connectivity index (χ4v) is 3.00. The summed E-state index contributed by atoms with van der Waals surface area (Å²) in [5, 5.41) is 11.8. The minimum Gasteiger partial charge on any atom is -0.399 e. The van der Waals surface area contributed by atoms with Crippen molar-refractivity contribution in [2.75, 3.05) is 11.1 Å². The number of rotatable bonds is 2. The van der Waals surface area contributed by atoms with Crippen molar-refractivity contribution in [3.63, 3.8) is 0 Å². The molecule has 0 aliphatic heterocycles. The van der Waals surface area contributed by atoms with Gasteiger partial charge in [0.15, 0.2) is 5.82 Å². The van der Waals surface area contributed by atoms with Gasteiger partial charge in [-0.1, -0.05) is 6.07 Å². The molecule has 106 valence electrons. The van der Waals surface area contributed by atoms with Crippen LogP contribution in [0.25, 0.3) is 5.65 Å². The number of nitrogens with one attached hydrogen (secondary N) is 1. The summed E-state index contributed by atoms with van der Waals surface area (Å²) in [6.07, 6.45) is 5.71. The van der Waals surface area contributed by atoms with E-state index in [0.717, 1.165) is 35.8 Å². The minimum atomic E-state index is 0.247. The molecule has 1 unspecified atom stereocenters. The van der Waals surface area contributed by atoms with E-state index in [-0.39, 0.29) is 6.04 Å². The summed E-state index contributed by atoms with van der Waals surface area (Å²) in [6, 6.07) is 6.36. The molecule has 0 saturated carbocycles. The molecule has 1 aliphatic carbocycles. The Labute approximate surface area is 122 Å². The summed E-state index contributed by atoms with van der Waals surface area (Å²) in [4.78, 5) is 4.42. The maximum absolute atomic E-state index is 5.85. The van der Waals surface area contributed by atoms with Crippen molar-refractivity contribution in [1.29, 1.82) is 0 Å². The lowest BCUT2D eigenvalue weighted by Crippen LogP contribution is -2.10. The van der Waals surface area contributed by atoms with E-state index in [9.17, 15) is 0 Å². The molecule has 2 heterocycles. The van der Waals surface area contributed by atoms with Crippen molar-refractivity contribution < 1.29 is 0 Å². The van der Waals surface area contributed by atoms with Crippen LogP contribution in [0.3, 0.4) is 0 Å². The first-order valence-corrected chi connectivity index (χ1v) is 7.03. The Morgan fingerprint density at radius 3 is 3.14 bits per heavy atom. The van der Waals surface area contributed by atoms with E-state index >= 15 is 0 Å². The largest absolute Gasteiger partial charge is 0.399 e. The molecule has 1 atom stereocenters. The Kier molecular flexibility index (Phi) is 2.57. The number of aryl methyl sites for hydroxylation is 2. The Balaban J connectivity index is 1.71. The first-order valence-electron chi connectivity index (χ1n) is 7.03. The van der Waals surface area contributed by atoms with Crippen LogP contribution in [0.2, 0.25) is 0 Å². The van der Waals surface area contributed by atoms with Crippen LogP contribution in [0.15, 0.2) is 30.6 Å². The molecule has 3 aromatic rings. The molecular weight excluding hydrogens is 264 g/mol. The minimum absolute atomic E-state index is 0.247. The molecule has 6 heteroatoms. The molecule has 0 bridgehead atoms. The molecule has 0 amide bonds. The normalized spacial score (nSPS) is 17.1. The third-order valence-electron chi connectivity index (χ3n) is 4.05. The number of hydrogen-bond donors (Lipinski definition) is 2. The summed E-state index contributed by atoms with van der Waals surface area (Å²) in [7, 11) is 0. The molecule has 4 rings (SSSR count). The number of fused-ring (bicyclic) bond motifs is 2. The SMILES string of the molecule is Cc1nnc2c(NC3CCc4cc(N)ccc43)nccn12. The number of nitrogens with zero attached hydrogens (tertiary/aromatic N) is 4. The Morgan fingerprint density at radius 1 is 1.33 bits per heavy atom. The topological polar surface area (TPSA) is 81.1 Å². The molecule has 0 spiro atoms.